The Bertz CT molecular complexity index is 626. The minimum Gasteiger partial charge on any atom is -0.478 e. The maximum atomic E-state index is 11.5. The molecule has 1 aromatic carbocycles. The average molecular weight is 273 g/mol. The van der Waals surface area contributed by atoms with E-state index in [1.165, 1.54) is 25.7 Å². The van der Waals surface area contributed by atoms with Gasteiger partial charge in [-0.15, -0.1) is 0 Å². The summed E-state index contributed by atoms with van der Waals surface area (Å²) in [6.45, 7) is 0.557. The van der Waals surface area contributed by atoms with Crippen LogP contribution >= 0.6 is 0 Å². The first-order valence-electron chi connectivity index (χ1n) is 7.11. The Hall–Kier alpha value is -1.81. The van der Waals surface area contributed by atoms with E-state index in [0.29, 0.717) is 34.9 Å². The summed E-state index contributed by atoms with van der Waals surface area (Å²) in [7, 11) is 2.05. The van der Waals surface area contributed by atoms with E-state index in [9.17, 15) is 9.90 Å². The lowest BCUT2D eigenvalue weighted by Crippen LogP contribution is -2.28. The molecule has 106 valence electrons. The number of aromatic carboxylic acids is 1. The molecule has 1 heterocycles. The summed E-state index contributed by atoms with van der Waals surface area (Å²) in [6, 6.07) is 7.88. The van der Waals surface area contributed by atoms with Crippen LogP contribution in [0.1, 0.15) is 41.8 Å². The molecule has 0 unspecified atom stereocenters. The number of carboxylic acid groups (broad SMARTS) is 1. The van der Waals surface area contributed by atoms with Gasteiger partial charge in [0.25, 0.3) is 0 Å². The molecule has 1 saturated carbocycles. The SMILES string of the molecule is CN(Cc1oc2ccccc2c1C(=O)O)C1CCCC1. The lowest BCUT2D eigenvalue weighted by Gasteiger charge is -2.22. The average Bonchev–Trinajstić information content (AvgIpc) is 3.05. The highest BCUT2D eigenvalue weighted by Crippen LogP contribution is 2.29. The molecule has 1 aliphatic carbocycles. The Labute approximate surface area is 118 Å². The molecule has 0 bridgehead atoms. The van der Waals surface area contributed by atoms with E-state index >= 15 is 0 Å². The van der Waals surface area contributed by atoms with Crippen LogP contribution in [0.25, 0.3) is 11.0 Å². The quantitative estimate of drug-likeness (QED) is 0.926. The molecule has 0 atom stereocenters. The number of fused-ring (bicyclic) bond motifs is 1. The molecule has 20 heavy (non-hydrogen) atoms. The third-order valence-corrected chi connectivity index (χ3v) is 4.22. The van der Waals surface area contributed by atoms with Crippen LogP contribution in [-0.2, 0) is 6.54 Å². The second-order valence-electron chi connectivity index (χ2n) is 5.55. The van der Waals surface area contributed by atoms with Crippen LogP contribution in [0.3, 0.4) is 0 Å². The zero-order chi connectivity index (χ0) is 14.1. The smallest absolute Gasteiger partial charge is 0.339 e. The summed E-state index contributed by atoms with van der Waals surface area (Å²) >= 11 is 0. The zero-order valence-electron chi connectivity index (χ0n) is 11.6. The molecule has 3 rings (SSSR count). The number of hydrogen-bond acceptors (Lipinski definition) is 3. The lowest BCUT2D eigenvalue weighted by molar-refractivity contribution is 0.0694. The van der Waals surface area contributed by atoms with Gasteiger partial charge in [-0.25, -0.2) is 4.79 Å². The van der Waals surface area contributed by atoms with E-state index in [-0.39, 0.29) is 0 Å². The Morgan fingerprint density at radius 3 is 2.75 bits per heavy atom. The van der Waals surface area contributed by atoms with Gasteiger partial charge in [0.15, 0.2) is 0 Å². The number of furan rings is 1. The van der Waals surface area contributed by atoms with Gasteiger partial charge < -0.3 is 9.52 Å². The van der Waals surface area contributed by atoms with Gasteiger partial charge in [-0.2, -0.15) is 0 Å². The second-order valence-corrected chi connectivity index (χ2v) is 5.55. The monoisotopic (exact) mass is 273 g/mol. The van der Waals surface area contributed by atoms with E-state index in [2.05, 4.69) is 11.9 Å². The fraction of sp³-hybridized carbons (Fsp3) is 0.438. The van der Waals surface area contributed by atoms with E-state index in [1.54, 1.807) is 6.07 Å². The molecule has 4 nitrogen and oxygen atoms in total. The van der Waals surface area contributed by atoms with Crippen molar-refractivity contribution >= 4 is 16.9 Å². The predicted molar refractivity (Wildman–Crippen MR) is 76.9 cm³/mol. The van der Waals surface area contributed by atoms with Gasteiger partial charge in [-0.1, -0.05) is 31.0 Å². The molecule has 0 spiro atoms. The van der Waals surface area contributed by atoms with Gasteiger partial charge in [0.2, 0.25) is 0 Å². The number of carbonyl (C=O) groups is 1. The minimum absolute atomic E-state index is 0.311. The Morgan fingerprint density at radius 1 is 1.35 bits per heavy atom. The summed E-state index contributed by atoms with van der Waals surface area (Å²) < 4.78 is 5.77. The van der Waals surface area contributed by atoms with Crippen molar-refractivity contribution in [3.05, 3.63) is 35.6 Å². The van der Waals surface area contributed by atoms with Crippen LogP contribution in [0.15, 0.2) is 28.7 Å². The zero-order valence-corrected chi connectivity index (χ0v) is 11.6. The standard InChI is InChI=1S/C16H19NO3/c1-17(11-6-2-3-7-11)10-14-15(16(18)19)12-8-4-5-9-13(12)20-14/h4-5,8-9,11H,2-3,6-7,10H2,1H3,(H,18,19). The molecular weight excluding hydrogens is 254 g/mol. The van der Waals surface area contributed by atoms with E-state index < -0.39 is 5.97 Å². The molecule has 1 fully saturated rings. The topological polar surface area (TPSA) is 53.7 Å². The van der Waals surface area contributed by atoms with Gasteiger partial charge in [0.1, 0.15) is 16.9 Å². The third-order valence-electron chi connectivity index (χ3n) is 4.22. The summed E-state index contributed by atoms with van der Waals surface area (Å²) in [5.74, 6) is -0.349. The fourth-order valence-electron chi connectivity index (χ4n) is 3.14. The molecule has 1 aromatic heterocycles. The van der Waals surface area contributed by atoms with Crippen molar-refractivity contribution in [2.24, 2.45) is 0 Å². The highest BCUT2D eigenvalue weighted by atomic mass is 16.4. The fourth-order valence-corrected chi connectivity index (χ4v) is 3.14. The Morgan fingerprint density at radius 2 is 2.05 bits per heavy atom. The molecule has 1 N–H and O–H groups in total. The highest BCUT2D eigenvalue weighted by Gasteiger charge is 2.25. The van der Waals surface area contributed by atoms with Gasteiger partial charge >= 0.3 is 5.97 Å². The first-order valence-corrected chi connectivity index (χ1v) is 7.11. The number of para-hydroxylation sites is 1. The van der Waals surface area contributed by atoms with Gasteiger partial charge in [-0.3, -0.25) is 4.90 Å². The van der Waals surface area contributed by atoms with Gasteiger partial charge in [0, 0.05) is 11.4 Å². The molecular formula is C16H19NO3. The van der Waals surface area contributed by atoms with Crippen molar-refractivity contribution in [2.45, 2.75) is 38.3 Å². The second kappa shape index (κ2) is 5.29. The molecule has 0 aliphatic heterocycles. The number of carboxylic acids is 1. The lowest BCUT2D eigenvalue weighted by atomic mass is 10.1. The highest BCUT2D eigenvalue weighted by molar-refractivity contribution is 6.03. The summed E-state index contributed by atoms with van der Waals surface area (Å²) in [5.41, 5.74) is 0.963. The number of hydrogen-bond donors (Lipinski definition) is 1. The molecule has 2 aromatic rings. The third kappa shape index (κ3) is 2.31. The van der Waals surface area contributed by atoms with Crippen LogP contribution in [0, 0.1) is 0 Å². The van der Waals surface area contributed by atoms with Crippen molar-refractivity contribution in [1.29, 1.82) is 0 Å². The number of rotatable bonds is 4. The van der Waals surface area contributed by atoms with Gasteiger partial charge in [-0.05, 0) is 26.0 Å². The van der Waals surface area contributed by atoms with E-state index in [0.717, 1.165) is 0 Å². The molecule has 4 heteroatoms. The van der Waals surface area contributed by atoms with Crippen molar-refractivity contribution in [1.82, 2.24) is 4.90 Å². The number of nitrogens with zero attached hydrogens (tertiary/aromatic N) is 1. The maximum Gasteiger partial charge on any atom is 0.339 e. The van der Waals surface area contributed by atoms with Crippen molar-refractivity contribution in [2.75, 3.05) is 7.05 Å². The Kier molecular flexibility index (Phi) is 3.49. The molecule has 0 radical (unpaired) electrons. The molecule has 0 amide bonds. The van der Waals surface area contributed by atoms with Gasteiger partial charge in [0.05, 0.1) is 6.54 Å². The van der Waals surface area contributed by atoms with Crippen LogP contribution in [-0.4, -0.2) is 29.1 Å². The van der Waals surface area contributed by atoms with Crippen molar-refractivity contribution < 1.29 is 14.3 Å². The summed E-state index contributed by atoms with van der Waals surface area (Å²) in [6.07, 6.45) is 4.92. The maximum absolute atomic E-state index is 11.5. The summed E-state index contributed by atoms with van der Waals surface area (Å²) in [5, 5.41) is 10.1. The van der Waals surface area contributed by atoms with Crippen LogP contribution in [0.4, 0.5) is 0 Å². The van der Waals surface area contributed by atoms with Crippen LogP contribution in [0.5, 0.6) is 0 Å². The van der Waals surface area contributed by atoms with Crippen LogP contribution < -0.4 is 0 Å². The number of benzene rings is 1. The first-order chi connectivity index (χ1) is 9.66. The largest absolute Gasteiger partial charge is 0.478 e. The van der Waals surface area contributed by atoms with E-state index in [1.807, 2.05) is 18.2 Å². The van der Waals surface area contributed by atoms with Crippen molar-refractivity contribution in [3.63, 3.8) is 0 Å². The van der Waals surface area contributed by atoms with Crippen LogP contribution in [0.2, 0.25) is 0 Å². The predicted octanol–water partition coefficient (Wildman–Crippen LogP) is 3.51. The molecule has 0 saturated heterocycles. The minimum atomic E-state index is -0.912. The van der Waals surface area contributed by atoms with Crippen molar-refractivity contribution in [3.8, 4) is 0 Å². The normalized spacial score (nSPS) is 16.3. The summed E-state index contributed by atoms with van der Waals surface area (Å²) in [4.78, 5) is 13.7. The first kappa shape index (κ1) is 13.2. The van der Waals surface area contributed by atoms with E-state index in [4.69, 9.17) is 4.42 Å². The molecule has 1 aliphatic rings. The Balaban J connectivity index is 1.93.